The van der Waals surface area contributed by atoms with Crippen LogP contribution in [0.4, 0.5) is 0 Å². The minimum absolute atomic E-state index is 0.350. The van der Waals surface area contributed by atoms with Gasteiger partial charge in [-0.3, -0.25) is 0 Å². The van der Waals surface area contributed by atoms with E-state index in [1.165, 1.54) is 4.31 Å². The first-order valence-electron chi connectivity index (χ1n) is 8.70. The van der Waals surface area contributed by atoms with Crippen molar-refractivity contribution in [2.45, 2.75) is 44.9 Å². The summed E-state index contributed by atoms with van der Waals surface area (Å²) in [6.45, 7) is 7.44. The topological polar surface area (TPSA) is 46.6 Å². The molecule has 2 rings (SSSR count). The van der Waals surface area contributed by atoms with Gasteiger partial charge in [0.15, 0.2) is 0 Å². The summed E-state index contributed by atoms with van der Waals surface area (Å²) in [5.41, 5.74) is 0. The molecule has 132 valence electrons. The molecule has 0 aliphatic rings. The van der Waals surface area contributed by atoms with Gasteiger partial charge in [0.1, 0.15) is 5.75 Å². The van der Waals surface area contributed by atoms with Crippen molar-refractivity contribution in [1.29, 1.82) is 0 Å². The third-order valence-electron chi connectivity index (χ3n) is 4.17. The van der Waals surface area contributed by atoms with Crippen molar-refractivity contribution < 1.29 is 13.2 Å². The van der Waals surface area contributed by atoms with Gasteiger partial charge < -0.3 is 4.74 Å². The van der Waals surface area contributed by atoms with E-state index in [4.69, 9.17) is 4.74 Å². The Morgan fingerprint density at radius 3 is 2.21 bits per heavy atom. The molecule has 2 aromatic carbocycles. The van der Waals surface area contributed by atoms with Crippen molar-refractivity contribution in [3.63, 3.8) is 0 Å². The maximum Gasteiger partial charge on any atom is 0.243 e. The van der Waals surface area contributed by atoms with Gasteiger partial charge in [-0.15, -0.1) is 0 Å². The zero-order chi connectivity index (χ0) is 17.6. The van der Waals surface area contributed by atoms with Crippen LogP contribution in [0.15, 0.2) is 41.3 Å². The Labute approximate surface area is 145 Å². The van der Waals surface area contributed by atoms with E-state index in [1.54, 1.807) is 12.1 Å². The molecule has 2 aromatic rings. The Kier molecular flexibility index (Phi) is 6.63. The fraction of sp³-hybridized carbons (Fsp3) is 0.474. The quantitative estimate of drug-likeness (QED) is 0.629. The lowest BCUT2D eigenvalue weighted by molar-refractivity contribution is 0.309. The van der Waals surface area contributed by atoms with E-state index in [9.17, 15) is 8.42 Å². The number of ether oxygens (including phenoxy) is 1. The Balaban J connectivity index is 2.44. The summed E-state index contributed by atoms with van der Waals surface area (Å²) in [7, 11) is -3.50. The summed E-state index contributed by atoms with van der Waals surface area (Å²) >= 11 is 0. The van der Waals surface area contributed by atoms with Gasteiger partial charge in [-0.2, -0.15) is 4.31 Å². The molecular weight excluding hydrogens is 322 g/mol. The standard InChI is InChI=1S/C19H27NO3S/c1-4-7-10-15-23-18-13-14-19(17-12-9-8-11-16(17)18)24(21,22)20(5-2)6-3/h8-9,11-14H,4-7,10,15H2,1-3H3. The van der Waals surface area contributed by atoms with Crippen LogP contribution in [0.3, 0.4) is 0 Å². The largest absolute Gasteiger partial charge is 0.493 e. The van der Waals surface area contributed by atoms with Crippen LogP contribution in [-0.2, 0) is 10.0 Å². The second kappa shape index (κ2) is 8.49. The molecule has 0 spiro atoms. The maximum atomic E-state index is 12.9. The van der Waals surface area contributed by atoms with E-state index < -0.39 is 10.0 Å². The summed E-state index contributed by atoms with van der Waals surface area (Å²) < 4.78 is 33.2. The van der Waals surface area contributed by atoms with E-state index in [2.05, 4.69) is 6.92 Å². The number of benzene rings is 2. The molecule has 0 amide bonds. The van der Waals surface area contributed by atoms with Gasteiger partial charge in [0.05, 0.1) is 11.5 Å². The molecule has 0 aromatic heterocycles. The van der Waals surface area contributed by atoms with Crippen molar-refractivity contribution in [3.05, 3.63) is 36.4 Å². The number of nitrogens with zero attached hydrogens (tertiary/aromatic N) is 1. The highest BCUT2D eigenvalue weighted by molar-refractivity contribution is 7.89. The first kappa shape index (κ1) is 18.7. The molecule has 0 atom stereocenters. The minimum Gasteiger partial charge on any atom is -0.493 e. The van der Waals surface area contributed by atoms with Crippen molar-refractivity contribution in [2.24, 2.45) is 0 Å². The molecule has 0 saturated carbocycles. The normalized spacial score (nSPS) is 12.0. The monoisotopic (exact) mass is 349 g/mol. The van der Waals surface area contributed by atoms with Gasteiger partial charge in [0.25, 0.3) is 0 Å². The highest BCUT2D eigenvalue weighted by Gasteiger charge is 2.24. The molecule has 0 unspecified atom stereocenters. The van der Waals surface area contributed by atoms with E-state index in [0.717, 1.165) is 35.8 Å². The molecular formula is C19H27NO3S. The van der Waals surface area contributed by atoms with E-state index in [1.807, 2.05) is 38.1 Å². The average molecular weight is 349 g/mol. The van der Waals surface area contributed by atoms with Crippen molar-refractivity contribution >= 4 is 20.8 Å². The highest BCUT2D eigenvalue weighted by Crippen LogP contribution is 2.32. The third kappa shape index (κ3) is 3.90. The second-order valence-electron chi connectivity index (χ2n) is 5.75. The first-order valence-corrected chi connectivity index (χ1v) is 10.1. The van der Waals surface area contributed by atoms with Crippen LogP contribution in [0.2, 0.25) is 0 Å². The van der Waals surface area contributed by atoms with Crippen molar-refractivity contribution in [2.75, 3.05) is 19.7 Å². The number of hydrogen-bond acceptors (Lipinski definition) is 3. The molecule has 0 fully saturated rings. The van der Waals surface area contributed by atoms with Crippen LogP contribution < -0.4 is 4.74 Å². The second-order valence-corrected chi connectivity index (χ2v) is 7.66. The Hall–Kier alpha value is -1.59. The third-order valence-corrected chi connectivity index (χ3v) is 6.28. The summed E-state index contributed by atoms with van der Waals surface area (Å²) in [5.74, 6) is 0.750. The lowest BCUT2D eigenvalue weighted by atomic mass is 10.1. The van der Waals surface area contributed by atoms with Gasteiger partial charge in [-0.05, 0) is 18.6 Å². The Bertz CT molecular complexity index is 767. The average Bonchev–Trinajstić information content (AvgIpc) is 2.59. The summed E-state index contributed by atoms with van der Waals surface area (Å²) in [6.07, 6.45) is 3.28. The van der Waals surface area contributed by atoms with Crippen molar-refractivity contribution in [1.82, 2.24) is 4.31 Å². The lowest BCUT2D eigenvalue weighted by Gasteiger charge is -2.20. The minimum atomic E-state index is -3.50. The molecule has 0 aliphatic heterocycles. The molecule has 5 heteroatoms. The number of unbranched alkanes of at least 4 members (excludes halogenated alkanes) is 2. The summed E-state index contributed by atoms with van der Waals surface area (Å²) in [5, 5.41) is 1.57. The van der Waals surface area contributed by atoms with Gasteiger partial charge in [0.2, 0.25) is 10.0 Å². The summed E-state index contributed by atoms with van der Waals surface area (Å²) in [4.78, 5) is 0.350. The predicted molar refractivity (Wildman–Crippen MR) is 99.1 cm³/mol. The van der Waals surface area contributed by atoms with Crippen LogP contribution in [0.5, 0.6) is 5.75 Å². The Morgan fingerprint density at radius 2 is 1.58 bits per heavy atom. The van der Waals surface area contributed by atoms with Gasteiger partial charge in [-0.25, -0.2) is 8.42 Å². The predicted octanol–water partition coefficient (Wildman–Crippen LogP) is 4.44. The number of sulfonamides is 1. The van der Waals surface area contributed by atoms with Gasteiger partial charge >= 0.3 is 0 Å². The fourth-order valence-corrected chi connectivity index (χ4v) is 4.49. The van der Waals surface area contributed by atoms with E-state index in [0.29, 0.717) is 24.6 Å². The van der Waals surface area contributed by atoms with Crippen LogP contribution in [0.25, 0.3) is 10.8 Å². The van der Waals surface area contributed by atoms with E-state index in [-0.39, 0.29) is 0 Å². The number of fused-ring (bicyclic) bond motifs is 1. The van der Waals surface area contributed by atoms with Crippen LogP contribution in [0.1, 0.15) is 40.0 Å². The van der Waals surface area contributed by atoms with Crippen molar-refractivity contribution in [3.8, 4) is 5.75 Å². The van der Waals surface area contributed by atoms with E-state index >= 15 is 0 Å². The molecule has 24 heavy (non-hydrogen) atoms. The molecule has 0 bridgehead atoms. The number of hydrogen-bond donors (Lipinski definition) is 0. The molecule has 0 heterocycles. The van der Waals surface area contributed by atoms with Crippen LogP contribution >= 0.6 is 0 Å². The van der Waals surface area contributed by atoms with Gasteiger partial charge in [0, 0.05) is 23.9 Å². The number of rotatable bonds is 9. The highest BCUT2D eigenvalue weighted by atomic mass is 32.2. The zero-order valence-corrected chi connectivity index (χ0v) is 15.6. The zero-order valence-electron chi connectivity index (χ0n) is 14.8. The molecule has 0 aliphatic carbocycles. The molecule has 0 saturated heterocycles. The SMILES string of the molecule is CCCCCOc1ccc(S(=O)(=O)N(CC)CC)c2ccccc12. The summed E-state index contributed by atoms with van der Waals surface area (Å²) in [6, 6.07) is 11.0. The molecule has 0 N–H and O–H groups in total. The maximum absolute atomic E-state index is 12.9. The fourth-order valence-electron chi connectivity index (χ4n) is 2.83. The van der Waals surface area contributed by atoms with Crippen LogP contribution in [0, 0.1) is 0 Å². The Morgan fingerprint density at radius 1 is 0.917 bits per heavy atom. The van der Waals surface area contributed by atoms with Crippen LogP contribution in [-0.4, -0.2) is 32.4 Å². The lowest BCUT2D eigenvalue weighted by Crippen LogP contribution is -2.30. The smallest absolute Gasteiger partial charge is 0.243 e. The molecule has 4 nitrogen and oxygen atoms in total. The first-order chi connectivity index (χ1) is 11.6. The molecule has 0 radical (unpaired) electrons. The van der Waals surface area contributed by atoms with Gasteiger partial charge in [-0.1, -0.05) is 57.9 Å².